The van der Waals surface area contributed by atoms with Gasteiger partial charge >= 0.3 is 0 Å². The van der Waals surface area contributed by atoms with Crippen molar-refractivity contribution >= 4 is 5.91 Å². The highest BCUT2D eigenvalue weighted by Crippen LogP contribution is 2.22. The van der Waals surface area contributed by atoms with Crippen LogP contribution in [0.1, 0.15) is 65.4 Å². The number of ether oxygens (including phenoxy) is 1. The van der Waals surface area contributed by atoms with Crippen molar-refractivity contribution in [3.63, 3.8) is 0 Å². The van der Waals surface area contributed by atoms with E-state index in [0.717, 1.165) is 30.7 Å². The van der Waals surface area contributed by atoms with Crippen molar-refractivity contribution in [3.8, 4) is 5.75 Å². The normalized spacial score (nSPS) is 17.1. The van der Waals surface area contributed by atoms with Gasteiger partial charge in [-0.05, 0) is 31.2 Å². The van der Waals surface area contributed by atoms with Gasteiger partial charge in [0, 0.05) is 24.2 Å². The molecule has 0 bridgehead atoms. The molecule has 1 amide bonds. The Balaban J connectivity index is 1.84. The molecule has 1 atom stereocenters. The van der Waals surface area contributed by atoms with Crippen LogP contribution in [0, 0.1) is 5.41 Å². The van der Waals surface area contributed by atoms with E-state index in [9.17, 15) is 4.79 Å². The van der Waals surface area contributed by atoms with Gasteiger partial charge in [-0.1, -0.05) is 58.2 Å². The van der Waals surface area contributed by atoms with E-state index >= 15 is 0 Å². The Morgan fingerprint density at radius 3 is 2.56 bits per heavy atom. The summed E-state index contributed by atoms with van der Waals surface area (Å²) in [5.74, 6) is 0.771. The predicted octanol–water partition coefficient (Wildman–Crippen LogP) is 4.04. The van der Waals surface area contributed by atoms with Crippen molar-refractivity contribution in [1.29, 1.82) is 0 Å². The molecule has 0 heterocycles. The maximum absolute atomic E-state index is 12.1. The molecule has 1 aromatic rings. The molecule has 2 rings (SSSR count). The maximum atomic E-state index is 12.1. The molecule has 0 saturated heterocycles. The average molecular weight is 347 g/mol. The zero-order valence-corrected chi connectivity index (χ0v) is 16.2. The molecule has 0 unspecified atom stereocenters. The van der Waals surface area contributed by atoms with Crippen molar-refractivity contribution in [1.82, 2.24) is 10.6 Å². The summed E-state index contributed by atoms with van der Waals surface area (Å²) in [6.45, 7) is 9.69. The number of carbonyl (C=O) groups is 1. The summed E-state index contributed by atoms with van der Waals surface area (Å²) in [7, 11) is 0. The summed E-state index contributed by atoms with van der Waals surface area (Å²) in [5.41, 5.74) is 1.29. The van der Waals surface area contributed by atoms with Crippen LogP contribution in [0.25, 0.3) is 0 Å². The first kappa shape index (κ1) is 19.8. The molecule has 0 aliphatic heterocycles. The van der Waals surface area contributed by atoms with Gasteiger partial charge in [0.2, 0.25) is 0 Å². The molecule has 1 aliphatic rings. The van der Waals surface area contributed by atoms with E-state index in [1.165, 1.54) is 19.3 Å². The van der Waals surface area contributed by atoms with Crippen LogP contribution in [0.5, 0.6) is 5.75 Å². The molecule has 1 fully saturated rings. The number of nitrogens with one attached hydrogen (secondary N) is 2. The van der Waals surface area contributed by atoms with Gasteiger partial charge in [0.25, 0.3) is 5.91 Å². The van der Waals surface area contributed by atoms with Crippen molar-refractivity contribution in [2.24, 2.45) is 5.41 Å². The van der Waals surface area contributed by atoms with Gasteiger partial charge in [0.15, 0.2) is 6.61 Å². The third-order valence-electron chi connectivity index (χ3n) is 5.20. The fourth-order valence-corrected chi connectivity index (χ4v) is 3.02. The van der Waals surface area contributed by atoms with E-state index in [4.69, 9.17) is 4.74 Å². The molecule has 140 valence electrons. The Bertz CT molecular complexity index is 545. The Morgan fingerprint density at radius 1 is 1.20 bits per heavy atom. The Kier molecular flexibility index (Phi) is 7.30. The van der Waals surface area contributed by atoms with Crippen LogP contribution in [0.3, 0.4) is 0 Å². The summed E-state index contributed by atoms with van der Waals surface area (Å²) in [6.07, 6.45) is 5.91. The summed E-state index contributed by atoms with van der Waals surface area (Å²) < 4.78 is 5.81. The van der Waals surface area contributed by atoms with Crippen LogP contribution in [0.15, 0.2) is 24.3 Å². The number of benzene rings is 1. The smallest absolute Gasteiger partial charge is 0.258 e. The minimum atomic E-state index is -0.0160. The van der Waals surface area contributed by atoms with Crippen molar-refractivity contribution in [2.45, 2.75) is 78.4 Å². The highest BCUT2D eigenvalue weighted by molar-refractivity contribution is 5.77. The largest absolute Gasteiger partial charge is 0.483 e. The van der Waals surface area contributed by atoms with Crippen molar-refractivity contribution in [3.05, 3.63) is 29.8 Å². The molecule has 0 aromatic heterocycles. The van der Waals surface area contributed by atoms with E-state index in [1.807, 2.05) is 18.2 Å². The lowest BCUT2D eigenvalue weighted by Crippen LogP contribution is -2.39. The van der Waals surface area contributed by atoms with E-state index in [2.05, 4.69) is 44.4 Å². The molecule has 0 radical (unpaired) electrons. The molecule has 4 nitrogen and oxygen atoms in total. The number of hydrogen-bond acceptors (Lipinski definition) is 3. The van der Waals surface area contributed by atoms with Gasteiger partial charge in [-0.15, -0.1) is 0 Å². The van der Waals surface area contributed by atoms with Crippen LogP contribution in [0.2, 0.25) is 0 Å². The maximum Gasteiger partial charge on any atom is 0.258 e. The lowest BCUT2D eigenvalue weighted by molar-refractivity contribution is -0.124. The van der Waals surface area contributed by atoms with Gasteiger partial charge in [-0.3, -0.25) is 4.79 Å². The van der Waals surface area contributed by atoms with Gasteiger partial charge in [0.05, 0.1) is 0 Å². The SMILES string of the molecule is C[C@@H](NCc1ccccc1OCC(=O)NC1CCCCC1)C(C)(C)C. The summed E-state index contributed by atoms with van der Waals surface area (Å²) >= 11 is 0. The minimum absolute atomic E-state index is 0.0160. The van der Waals surface area contributed by atoms with E-state index in [0.29, 0.717) is 12.1 Å². The van der Waals surface area contributed by atoms with E-state index in [1.54, 1.807) is 0 Å². The topological polar surface area (TPSA) is 50.4 Å². The molecule has 1 saturated carbocycles. The predicted molar refractivity (Wildman–Crippen MR) is 103 cm³/mol. The standard InChI is InChI=1S/C21H34N2O2/c1-16(21(2,3)4)22-14-17-10-8-9-13-19(17)25-15-20(24)23-18-11-6-5-7-12-18/h8-10,13,16,18,22H,5-7,11-12,14-15H2,1-4H3,(H,23,24)/t16-/m1/s1. The van der Waals surface area contributed by atoms with Crippen LogP contribution in [0.4, 0.5) is 0 Å². The molecule has 2 N–H and O–H groups in total. The van der Waals surface area contributed by atoms with Gasteiger partial charge in [-0.25, -0.2) is 0 Å². The number of carbonyl (C=O) groups excluding carboxylic acids is 1. The number of amides is 1. The van der Waals surface area contributed by atoms with Gasteiger partial charge in [0.1, 0.15) is 5.75 Å². The first-order valence-electron chi connectivity index (χ1n) is 9.59. The van der Waals surface area contributed by atoms with E-state index in [-0.39, 0.29) is 17.9 Å². The monoisotopic (exact) mass is 346 g/mol. The average Bonchev–Trinajstić information content (AvgIpc) is 2.58. The van der Waals surface area contributed by atoms with E-state index < -0.39 is 0 Å². The zero-order valence-electron chi connectivity index (χ0n) is 16.2. The molecular formula is C21H34N2O2. The third kappa shape index (κ3) is 6.69. The summed E-state index contributed by atoms with van der Waals surface area (Å²) in [6, 6.07) is 8.66. The molecule has 4 heteroatoms. The lowest BCUT2D eigenvalue weighted by Gasteiger charge is -2.28. The number of para-hydroxylation sites is 1. The fraction of sp³-hybridized carbons (Fsp3) is 0.667. The quantitative estimate of drug-likeness (QED) is 0.783. The van der Waals surface area contributed by atoms with Crippen LogP contribution in [-0.4, -0.2) is 24.6 Å². The minimum Gasteiger partial charge on any atom is -0.483 e. The van der Waals surface area contributed by atoms with Crippen molar-refractivity contribution < 1.29 is 9.53 Å². The molecule has 0 spiro atoms. The molecule has 1 aromatic carbocycles. The summed E-state index contributed by atoms with van der Waals surface area (Å²) in [5, 5.41) is 6.65. The first-order valence-corrected chi connectivity index (χ1v) is 9.59. The second-order valence-electron chi connectivity index (χ2n) is 8.27. The fourth-order valence-electron chi connectivity index (χ4n) is 3.02. The Morgan fingerprint density at radius 2 is 1.88 bits per heavy atom. The first-order chi connectivity index (χ1) is 11.9. The van der Waals surface area contributed by atoms with Gasteiger partial charge in [-0.2, -0.15) is 0 Å². The Hall–Kier alpha value is -1.55. The third-order valence-corrected chi connectivity index (χ3v) is 5.20. The highest BCUT2D eigenvalue weighted by atomic mass is 16.5. The zero-order chi connectivity index (χ0) is 18.3. The van der Waals surface area contributed by atoms with Crippen LogP contribution in [-0.2, 0) is 11.3 Å². The second kappa shape index (κ2) is 9.23. The molecule has 1 aliphatic carbocycles. The van der Waals surface area contributed by atoms with Gasteiger partial charge < -0.3 is 15.4 Å². The second-order valence-corrected chi connectivity index (χ2v) is 8.27. The number of hydrogen-bond donors (Lipinski definition) is 2. The molecule has 25 heavy (non-hydrogen) atoms. The van der Waals surface area contributed by atoms with Crippen LogP contribution >= 0.6 is 0 Å². The van der Waals surface area contributed by atoms with Crippen LogP contribution < -0.4 is 15.4 Å². The molecular weight excluding hydrogens is 312 g/mol. The summed E-state index contributed by atoms with van der Waals surface area (Å²) in [4.78, 5) is 12.1. The lowest BCUT2D eigenvalue weighted by atomic mass is 9.88. The van der Waals surface area contributed by atoms with Crippen molar-refractivity contribution in [2.75, 3.05) is 6.61 Å². The highest BCUT2D eigenvalue weighted by Gasteiger charge is 2.20. The Labute approximate surface area is 152 Å². The number of rotatable bonds is 7.